The topological polar surface area (TPSA) is 87.9 Å². The number of anilines is 2. The van der Waals surface area contributed by atoms with Gasteiger partial charge in [-0.15, -0.1) is 0 Å². The van der Waals surface area contributed by atoms with Crippen LogP contribution in [0.5, 0.6) is 0 Å². The second-order valence-corrected chi connectivity index (χ2v) is 6.79. The largest absolute Gasteiger partial charge is 0.363 e. The maximum Gasteiger partial charge on any atom is 0.224 e. The second-order valence-electron chi connectivity index (χ2n) is 6.79. The molecule has 0 unspecified atom stereocenters. The molecular formula is C18H23N9. The zero-order chi connectivity index (χ0) is 18.6. The van der Waals surface area contributed by atoms with Crippen molar-refractivity contribution in [2.75, 3.05) is 30.9 Å². The van der Waals surface area contributed by atoms with Crippen molar-refractivity contribution in [3.05, 3.63) is 54.0 Å². The molecular weight excluding hydrogens is 342 g/mol. The molecule has 1 N–H and O–H groups in total. The molecule has 9 heteroatoms. The van der Waals surface area contributed by atoms with Gasteiger partial charge < -0.3 is 10.2 Å². The van der Waals surface area contributed by atoms with E-state index in [2.05, 4.69) is 46.0 Å². The van der Waals surface area contributed by atoms with Crippen LogP contribution < -0.4 is 10.2 Å². The van der Waals surface area contributed by atoms with E-state index < -0.39 is 0 Å². The summed E-state index contributed by atoms with van der Waals surface area (Å²) in [5.74, 6) is 1.49. The second kappa shape index (κ2) is 7.67. The monoisotopic (exact) mass is 365 g/mol. The van der Waals surface area contributed by atoms with Crippen molar-refractivity contribution in [1.29, 1.82) is 0 Å². The van der Waals surface area contributed by atoms with Crippen LogP contribution in [0.3, 0.4) is 0 Å². The first-order valence-electron chi connectivity index (χ1n) is 8.93. The summed E-state index contributed by atoms with van der Waals surface area (Å²) in [5.41, 5.74) is 3.36. The van der Waals surface area contributed by atoms with E-state index in [-0.39, 0.29) is 0 Å². The SMILES string of the molecule is CN(C)c1ncc(CN2CCn3nc(CNc4cnccn4)cc3C2)cn1. The highest BCUT2D eigenvalue weighted by molar-refractivity contribution is 5.31. The van der Waals surface area contributed by atoms with E-state index in [1.807, 2.05) is 31.4 Å². The molecule has 0 spiro atoms. The molecule has 140 valence electrons. The van der Waals surface area contributed by atoms with E-state index in [0.29, 0.717) is 6.54 Å². The maximum absolute atomic E-state index is 4.69. The number of hydrogen-bond donors (Lipinski definition) is 1. The number of nitrogens with one attached hydrogen (secondary N) is 1. The molecule has 0 saturated carbocycles. The summed E-state index contributed by atoms with van der Waals surface area (Å²) in [6, 6.07) is 2.15. The van der Waals surface area contributed by atoms with Crippen molar-refractivity contribution in [2.24, 2.45) is 0 Å². The minimum atomic E-state index is 0.637. The van der Waals surface area contributed by atoms with Gasteiger partial charge in [0.1, 0.15) is 5.82 Å². The smallest absolute Gasteiger partial charge is 0.224 e. The summed E-state index contributed by atoms with van der Waals surface area (Å²) in [6.45, 7) is 4.19. The maximum atomic E-state index is 4.69. The van der Waals surface area contributed by atoms with Crippen molar-refractivity contribution in [3.63, 3.8) is 0 Å². The third-order valence-electron chi connectivity index (χ3n) is 4.44. The van der Waals surface area contributed by atoms with Gasteiger partial charge in [0.2, 0.25) is 5.95 Å². The Balaban J connectivity index is 1.36. The fourth-order valence-corrected chi connectivity index (χ4v) is 3.09. The number of aromatic nitrogens is 6. The minimum absolute atomic E-state index is 0.637. The predicted octanol–water partition coefficient (Wildman–Crippen LogP) is 1.16. The number of nitrogens with zero attached hydrogens (tertiary/aromatic N) is 8. The Morgan fingerprint density at radius 2 is 1.93 bits per heavy atom. The number of rotatable bonds is 6. The molecule has 3 aromatic heterocycles. The molecule has 0 radical (unpaired) electrons. The Labute approximate surface area is 158 Å². The van der Waals surface area contributed by atoms with Gasteiger partial charge in [0.05, 0.1) is 30.7 Å². The number of fused-ring (bicyclic) bond motifs is 1. The van der Waals surface area contributed by atoms with Gasteiger partial charge in [0.15, 0.2) is 0 Å². The molecule has 1 aliphatic rings. The molecule has 0 atom stereocenters. The van der Waals surface area contributed by atoms with Crippen LogP contribution >= 0.6 is 0 Å². The van der Waals surface area contributed by atoms with Crippen LogP contribution in [0.2, 0.25) is 0 Å². The van der Waals surface area contributed by atoms with E-state index in [9.17, 15) is 0 Å². The van der Waals surface area contributed by atoms with Crippen LogP contribution in [0.1, 0.15) is 17.0 Å². The van der Waals surface area contributed by atoms with Crippen molar-refractivity contribution >= 4 is 11.8 Å². The third kappa shape index (κ3) is 4.20. The summed E-state index contributed by atoms with van der Waals surface area (Å²) in [7, 11) is 3.88. The van der Waals surface area contributed by atoms with Crippen LogP contribution in [0.25, 0.3) is 0 Å². The summed E-state index contributed by atoms with van der Waals surface area (Å²) in [6.07, 6.45) is 8.86. The summed E-state index contributed by atoms with van der Waals surface area (Å²) in [5, 5.41) is 7.94. The van der Waals surface area contributed by atoms with E-state index >= 15 is 0 Å². The molecule has 0 amide bonds. The molecule has 0 aromatic carbocycles. The van der Waals surface area contributed by atoms with Gasteiger partial charge in [-0.1, -0.05) is 0 Å². The average molecular weight is 365 g/mol. The fraction of sp³-hybridized carbons (Fsp3) is 0.389. The van der Waals surface area contributed by atoms with E-state index in [1.165, 1.54) is 5.69 Å². The van der Waals surface area contributed by atoms with Crippen LogP contribution in [0.15, 0.2) is 37.1 Å². The molecule has 4 heterocycles. The quantitative estimate of drug-likeness (QED) is 0.696. The first-order valence-corrected chi connectivity index (χ1v) is 8.93. The third-order valence-corrected chi connectivity index (χ3v) is 4.44. The van der Waals surface area contributed by atoms with Crippen molar-refractivity contribution in [3.8, 4) is 0 Å². The molecule has 3 aromatic rings. The number of hydrogen-bond acceptors (Lipinski definition) is 8. The fourth-order valence-electron chi connectivity index (χ4n) is 3.09. The average Bonchev–Trinajstić information content (AvgIpc) is 3.10. The van der Waals surface area contributed by atoms with Crippen molar-refractivity contribution in [2.45, 2.75) is 26.2 Å². The molecule has 0 fully saturated rings. The Morgan fingerprint density at radius 3 is 2.67 bits per heavy atom. The van der Waals surface area contributed by atoms with Crippen LogP contribution in [-0.2, 0) is 26.2 Å². The van der Waals surface area contributed by atoms with E-state index in [4.69, 9.17) is 0 Å². The lowest BCUT2D eigenvalue weighted by molar-refractivity contribution is 0.204. The van der Waals surface area contributed by atoms with Gasteiger partial charge in [0, 0.05) is 64.1 Å². The van der Waals surface area contributed by atoms with Crippen LogP contribution in [0, 0.1) is 0 Å². The first-order chi connectivity index (χ1) is 13.2. The molecule has 4 rings (SSSR count). The predicted molar refractivity (Wildman–Crippen MR) is 102 cm³/mol. The zero-order valence-corrected chi connectivity index (χ0v) is 15.6. The molecule has 27 heavy (non-hydrogen) atoms. The highest BCUT2D eigenvalue weighted by atomic mass is 15.3. The summed E-state index contributed by atoms with van der Waals surface area (Å²) in [4.78, 5) is 21.4. The Kier molecular flexibility index (Phi) is 4.93. The lowest BCUT2D eigenvalue weighted by Gasteiger charge is -2.27. The highest BCUT2D eigenvalue weighted by Crippen LogP contribution is 2.17. The first kappa shape index (κ1) is 17.3. The Bertz CT molecular complexity index is 874. The lowest BCUT2D eigenvalue weighted by atomic mass is 10.2. The van der Waals surface area contributed by atoms with Gasteiger partial charge in [-0.3, -0.25) is 14.6 Å². The van der Waals surface area contributed by atoms with Gasteiger partial charge in [-0.25, -0.2) is 15.0 Å². The molecule has 1 aliphatic heterocycles. The molecule has 0 bridgehead atoms. The minimum Gasteiger partial charge on any atom is -0.363 e. The Morgan fingerprint density at radius 1 is 1.07 bits per heavy atom. The van der Waals surface area contributed by atoms with Gasteiger partial charge >= 0.3 is 0 Å². The Hall–Kier alpha value is -3.07. The van der Waals surface area contributed by atoms with E-state index in [0.717, 1.165) is 49.2 Å². The lowest BCUT2D eigenvalue weighted by Crippen LogP contribution is -2.33. The van der Waals surface area contributed by atoms with Gasteiger partial charge in [0.25, 0.3) is 0 Å². The van der Waals surface area contributed by atoms with Crippen LogP contribution in [0.4, 0.5) is 11.8 Å². The van der Waals surface area contributed by atoms with Crippen molar-refractivity contribution < 1.29 is 0 Å². The summed E-state index contributed by atoms with van der Waals surface area (Å²) < 4.78 is 2.09. The molecule has 0 saturated heterocycles. The standard InChI is InChI=1S/C18H23N9/c1-25(2)18-22-8-14(9-23-18)12-26-5-6-27-16(13-26)7-15(24-27)10-21-17-11-19-3-4-20-17/h3-4,7-9,11H,5-6,10,12-13H2,1-2H3,(H,20,21). The van der Waals surface area contributed by atoms with Crippen molar-refractivity contribution in [1.82, 2.24) is 34.6 Å². The molecule has 0 aliphatic carbocycles. The van der Waals surface area contributed by atoms with Crippen LogP contribution in [-0.4, -0.2) is 55.3 Å². The van der Waals surface area contributed by atoms with Gasteiger partial charge in [-0.2, -0.15) is 5.10 Å². The van der Waals surface area contributed by atoms with E-state index in [1.54, 1.807) is 18.6 Å². The van der Waals surface area contributed by atoms with Gasteiger partial charge in [-0.05, 0) is 6.07 Å². The highest BCUT2D eigenvalue weighted by Gasteiger charge is 2.18. The summed E-state index contributed by atoms with van der Waals surface area (Å²) >= 11 is 0. The normalized spacial score (nSPS) is 14.0. The molecule has 9 nitrogen and oxygen atoms in total. The zero-order valence-electron chi connectivity index (χ0n) is 15.6.